The highest BCUT2D eigenvalue weighted by molar-refractivity contribution is 5.96. The largest absolute Gasteiger partial charge is 0.346 e. The second-order valence-electron chi connectivity index (χ2n) is 5.61. The van der Waals surface area contributed by atoms with Gasteiger partial charge in [0, 0.05) is 43.9 Å². The van der Waals surface area contributed by atoms with Gasteiger partial charge in [0.15, 0.2) is 0 Å². The summed E-state index contributed by atoms with van der Waals surface area (Å²) in [6, 6.07) is 0. The van der Waals surface area contributed by atoms with Crippen LogP contribution in [0.5, 0.6) is 0 Å². The Bertz CT molecular complexity index is 894. The highest BCUT2D eigenvalue weighted by atomic mass is 16.1. The van der Waals surface area contributed by atoms with Crippen LogP contribution >= 0.6 is 0 Å². The monoisotopic (exact) mass is 325 g/mol. The number of amides is 1. The van der Waals surface area contributed by atoms with Crippen molar-refractivity contribution in [2.75, 3.05) is 0 Å². The predicted octanol–water partition coefficient (Wildman–Crippen LogP) is 1.16. The quantitative estimate of drug-likeness (QED) is 0.777. The second-order valence-corrected chi connectivity index (χ2v) is 5.61. The van der Waals surface area contributed by atoms with Gasteiger partial charge in [-0.05, 0) is 13.8 Å². The van der Waals surface area contributed by atoms with E-state index in [0.29, 0.717) is 22.6 Å². The molecule has 0 aromatic carbocycles. The van der Waals surface area contributed by atoms with Crippen LogP contribution in [0.25, 0.3) is 11.3 Å². The summed E-state index contributed by atoms with van der Waals surface area (Å²) in [5.41, 5.74) is 4.41. The Balaban J connectivity index is 1.81. The highest BCUT2D eigenvalue weighted by Crippen LogP contribution is 2.19. The number of aromatic nitrogens is 6. The molecule has 1 N–H and O–H groups in total. The fraction of sp³-hybridized carbons (Fsp3) is 0.312. The molecule has 0 aliphatic rings. The molecule has 0 atom stereocenters. The molecule has 0 spiro atoms. The van der Waals surface area contributed by atoms with Gasteiger partial charge in [-0.3, -0.25) is 24.1 Å². The van der Waals surface area contributed by atoms with E-state index in [4.69, 9.17) is 0 Å². The second kappa shape index (κ2) is 6.23. The summed E-state index contributed by atoms with van der Waals surface area (Å²) >= 11 is 0. The molecule has 8 nitrogen and oxygen atoms in total. The summed E-state index contributed by atoms with van der Waals surface area (Å²) in [5.74, 6) is -0.166. The summed E-state index contributed by atoms with van der Waals surface area (Å²) in [5, 5.41) is 11.3. The maximum atomic E-state index is 12.5. The van der Waals surface area contributed by atoms with E-state index in [1.807, 2.05) is 34.1 Å². The predicted molar refractivity (Wildman–Crippen MR) is 88.1 cm³/mol. The Hall–Kier alpha value is -3.03. The standard InChI is InChI=1S/C16H19N7O/c1-10-14(11(2)23(4)21-10)16(24)19-8-13-15(18-6-5-17-13)12-7-20-22(3)9-12/h5-7,9H,8H2,1-4H3,(H,19,24). The number of aryl methyl sites for hydroxylation is 3. The van der Waals surface area contributed by atoms with Gasteiger partial charge in [-0.2, -0.15) is 10.2 Å². The summed E-state index contributed by atoms with van der Waals surface area (Å²) in [4.78, 5) is 21.2. The van der Waals surface area contributed by atoms with Crippen LogP contribution < -0.4 is 5.32 Å². The molecule has 0 bridgehead atoms. The van der Waals surface area contributed by atoms with E-state index < -0.39 is 0 Å². The number of nitrogens with zero attached hydrogens (tertiary/aromatic N) is 6. The molecule has 3 aromatic rings. The molecule has 0 saturated heterocycles. The summed E-state index contributed by atoms with van der Waals surface area (Å²) < 4.78 is 3.41. The molecule has 0 saturated carbocycles. The van der Waals surface area contributed by atoms with Crippen LogP contribution in [0.2, 0.25) is 0 Å². The van der Waals surface area contributed by atoms with Crippen molar-refractivity contribution in [3.05, 3.63) is 47.4 Å². The van der Waals surface area contributed by atoms with Gasteiger partial charge in [-0.25, -0.2) is 0 Å². The number of carbonyl (C=O) groups is 1. The Morgan fingerprint density at radius 3 is 2.58 bits per heavy atom. The van der Waals surface area contributed by atoms with Crippen molar-refractivity contribution >= 4 is 5.91 Å². The van der Waals surface area contributed by atoms with Crippen LogP contribution in [0.15, 0.2) is 24.8 Å². The van der Waals surface area contributed by atoms with Gasteiger partial charge in [0.25, 0.3) is 5.91 Å². The van der Waals surface area contributed by atoms with Gasteiger partial charge < -0.3 is 5.32 Å². The average molecular weight is 325 g/mol. The summed E-state index contributed by atoms with van der Waals surface area (Å²) in [6.07, 6.45) is 6.83. The topological polar surface area (TPSA) is 90.5 Å². The van der Waals surface area contributed by atoms with Gasteiger partial charge in [-0.1, -0.05) is 0 Å². The van der Waals surface area contributed by atoms with Crippen molar-refractivity contribution in [2.45, 2.75) is 20.4 Å². The Morgan fingerprint density at radius 1 is 1.21 bits per heavy atom. The van der Waals surface area contributed by atoms with Crippen molar-refractivity contribution in [2.24, 2.45) is 14.1 Å². The lowest BCUT2D eigenvalue weighted by Gasteiger charge is -2.08. The minimum atomic E-state index is -0.166. The van der Waals surface area contributed by atoms with Crippen LogP contribution in [0.3, 0.4) is 0 Å². The Labute approximate surface area is 139 Å². The first kappa shape index (κ1) is 15.9. The van der Waals surface area contributed by atoms with Crippen molar-refractivity contribution in [1.82, 2.24) is 34.8 Å². The van der Waals surface area contributed by atoms with E-state index in [2.05, 4.69) is 25.5 Å². The zero-order chi connectivity index (χ0) is 17.3. The van der Waals surface area contributed by atoms with Gasteiger partial charge in [0.2, 0.25) is 0 Å². The average Bonchev–Trinajstić information content (AvgIpc) is 3.09. The first-order chi connectivity index (χ1) is 11.5. The lowest BCUT2D eigenvalue weighted by molar-refractivity contribution is 0.0949. The Kier molecular flexibility index (Phi) is 4.11. The molecule has 3 rings (SSSR count). The normalized spacial score (nSPS) is 10.8. The molecular weight excluding hydrogens is 306 g/mol. The van der Waals surface area contributed by atoms with Crippen LogP contribution in [-0.2, 0) is 20.6 Å². The molecule has 0 radical (unpaired) electrons. The molecule has 0 aliphatic carbocycles. The van der Waals surface area contributed by atoms with Crippen LogP contribution in [0, 0.1) is 13.8 Å². The lowest BCUT2D eigenvalue weighted by atomic mass is 10.1. The first-order valence-electron chi connectivity index (χ1n) is 7.54. The minimum Gasteiger partial charge on any atom is -0.346 e. The molecule has 3 aromatic heterocycles. The number of carbonyl (C=O) groups excluding carboxylic acids is 1. The highest BCUT2D eigenvalue weighted by Gasteiger charge is 2.18. The van der Waals surface area contributed by atoms with Gasteiger partial charge in [-0.15, -0.1) is 0 Å². The molecule has 3 heterocycles. The van der Waals surface area contributed by atoms with Gasteiger partial charge in [0.1, 0.15) is 0 Å². The maximum Gasteiger partial charge on any atom is 0.255 e. The number of hydrogen-bond donors (Lipinski definition) is 1. The van der Waals surface area contributed by atoms with Crippen LogP contribution in [0.4, 0.5) is 0 Å². The van der Waals surface area contributed by atoms with E-state index in [9.17, 15) is 4.79 Å². The maximum absolute atomic E-state index is 12.5. The zero-order valence-corrected chi connectivity index (χ0v) is 14.1. The van der Waals surface area contributed by atoms with Crippen LogP contribution in [-0.4, -0.2) is 35.4 Å². The van der Waals surface area contributed by atoms with Crippen molar-refractivity contribution < 1.29 is 4.79 Å². The smallest absolute Gasteiger partial charge is 0.255 e. The summed E-state index contributed by atoms with van der Waals surface area (Å²) in [6.45, 7) is 3.98. The molecule has 8 heteroatoms. The molecule has 0 fully saturated rings. The van der Waals surface area contributed by atoms with E-state index in [0.717, 1.165) is 11.3 Å². The fourth-order valence-corrected chi connectivity index (χ4v) is 2.64. The number of hydrogen-bond acceptors (Lipinski definition) is 5. The first-order valence-corrected chi connectivity index (χ1v) is 7.54. The molecule has 0 aliphatic heterocycles. The Morgan fingerprint density at radius 2 is 1.96 bits per heavy atom. The third kappa shape index (κ3) is 2.90. The van der Waals surface area contributed by atoms with E-state index in [-0.39, 0.29) is 12.5 Å². The van der Waals surface area contributed by atoms with Crippen molar-refractivity contribution in [3.63, 3.8) is 0 Å². The van der Waals surface area contributed by atoms with E-state index >= 15 is 0 Å². The molecule has 24 heavy (non-hydrogen) atoms. The fourth-order valence-electron chi connectivity index (χ4n) is 2.64. The summed E-state index contributed by atoms with van der Waals surface area (Å²) in [7, 11) is 3.66. The van der Waals surface area contributed by atoms with Gasteiger partial charge >= 0.3 is 0 Å². The van der Waals surface area contributed by atoms with E-state index in [1.54, 1.807) is 28.0 Å². The van der Waals surface area contributed by atoms with E-state index in [1.165, 1.54) is 0 Å². The van der Waals surface area contributed by atoms with Crippen LogP contribution in [0.1, 0.15) is 27.4 Å². The molecule has 0 unspecified atom stereocenters. The molecule has 1 amide bonds. The molecular formula is C16H19N7O. The van der Waals surface area contributed by atoms with Crippen molar-refractivity contribution in [1.29, 1.82) is 0 Å². The number of nitrogens with one attached hydrogen (secondary N) is 1. The van der Waals surface area contributed by atoms with Gasteiger partial charge in [0.05, 0.1) is 35.4 Å². The zero-order valence-electron chi connectivity index (χ0n) is 14.1. The SMILES string of the molecule is Cc1nn(C)c(C)c1C(=O)NCc1nccnc1-c1cnn(C)c1. The minimum absolute atomic E-state index is 0.166. The third-order valence-electron chi connectivity index (χ3n) is 3.90. The third-order valence-corrected chi connectivity index (χ3v) is 3.90. The molecule has 124 valence electrons. The lowest BCUT2D eigenvalue weighted by Crippen LogP contribution is -2.25. The van der Waals surface area contributed by atoms with Crippen molar-refractivity contribution in [3.8, 4) is 11.3 Å². The number of rotatable bonds is 4.